The molecule has 1 aliphatic heterocycles. The third-order valence-corrected chi connectivity index (χ3v) is 5.10. The molecule has 1 fully saturated rings. The minimum absolute atomic E-state index is 0.280. The number of nitrogens with one attached hydrogen (secondary N) is 1. The molecule has 0 amide bonds. The van der Waals surface area contributed by atoms with E-state index in [4.69, 9.17) is 0 Å². The minimum atomic E-state index is 0.280. The van der Waals surface area contributed by atoms with E-state index in [2.05, 4.69) is 55.9 Å². The first kappa shape index (κ1) is 16.4. The summed E-state index contributed by atoms with van der Waals surface area (Å²) < 4.78 is 0. The fourth-order valence-corrected chi connectivity index (χ4v) is 3.50. The van der Waals surface area contributed by atoms with E-state index >= 15 is 0 Å². The highest BCUT2D eigenvalue weighted by Crippen LogP contribution is 2.27. The maximum atomic E-state index is 4.35. The average molecular weight is 289 g/mol. The number of nitrogens with zero attached hydrogens (tertiary/aromatic N) is 2. The van der Waals surface area contributed by atoms with Crippen molar-refractivity contribution in [1.82, 2.24) is 15.2 Å². The molecule has 21 heavy (non-hydrogen) atoms. The van der Waals surface area contributed by atoms with E-state index in [1.54, 1.807) is 0 Å². The molecule has 0 bridgehead atoms. The molecule has 1 aromatic rings. The summed E-state index contributed by atoms with van der Waals surface area (Å²) in [5.74, 6) is 0.669. The maximum Gasteiger partial charge on any atom is 0.0313 e. The van der Waals surface area contributed by atoms with Gasteiger partial charge in [0.2, 0.25) is 0 Å². The van der Waals surface area contributed by atoms with Crippen molar-refractivity contribution in [2.24, 2.45) is 5.92 Å². The highest BCUT2D eigenvalue weighted by atomic mass is 15.3. The van der Waals surface area contributed by atoms with Gasteiger partial charge in [0.05, 0.1) is 0 Å². The van der Waals surface area contributed by atoms with Crippen LogP contribution in [0.5, 0.6) is 0 Å². The van der Waals surface area contributed by atoms with Gasteiger partial charge in [0, 0.05) is 43.6 Å². The molecule has 1 aromatic heterocycles. The van der Waals surface area contributed by atoms with Crippen molar-refractivity contribution in [3.05, 3.63) is 29.6 Å². The van der Waals surface area contributed by atoms with Gasteiger partial charge in [0.15, 0.2) is 0 Å². The molecule has 0 aromatic carbocycles. The van der Waals surface area contributed by atoms with Crippen LogP contribution >= 0.6 is 0 Å². The highest BCUT2D eigenvalue weighted by Gasteiger charge is 2.37. The summed E-state index contributed by atoms with van der Waals surface area (Å²) in [6, 6.07) is 2.88. The molecule has 1 atom stereocenters. The Bertz CT molecular complexity index is 452. The fraction of sp³-hybridized carbons (Fsp3) is 0.722. The molecule has 118 valence electrons. The minimum Gasteiger partial charge on any atom is -0.308 e. The van der Waals surface area contributed by atoms with Crippen LogP contribution in [0, 0.1) is 12.8 Å². The Kier molecular flexibility index (Phi) is 5.39. The summed E-state index contributed by atoms with van der Waals surface area (Å²) in [4.78, 5) is 7.03. The molecule has 1 N–H and O–H groups in total. The van der Waals surface area contributed by atoms with Crippen molar-refractivity contribution < 1.29 is 0 Å². The number of piperazine rings is 1. The van der Waals surface area contributed by atoms with E-state index in [1.165, 1.54) is 24.0 Å². The molecule has 2 heterocycles. The van der Waals surface area contributed by atoms with Crippen LogP contribution in [0.3, 0.4) is 0 Å². The average Bonchev–Trinajstić information content (AvgIpc) is 2.47. The summed E-state index contributed by atoms with van der Waals surface area (Å²) in [6.07, 6.45) is 6.34. The molecule has 2 rings (SSSR count). The normalized spacial score (nSPS) is 22.7. The zero-order chi connectivity index (χ0) is 15.5. The molecule has 0 aliphatic carbocycles. The van der Waals surface area contributed by atoms with Gasteiger partial charge in [-0.15, -0.1) is 0 Å². The monoisotopic (exact) mass is 289 g/mol. The number of pyridine rings is 1. The van der Waals surface area contributed by atoms with E-state index in [9.17, 15) is 0 Å². The van der Waals surface area contributed by atoms with Crippen LogP contribution in [0.4, 0.5) is 0 Å². The van der Waals surface area contributed by atoms with E-state index < -0.39 is 0 Å². The molecule has 0 spiro atoms. The van der Waals surface area contributed by atoms with E-state index in [-0.39, 0.29) is 5.54 Å². The lowest BCUT2D eigenvalue weighted by molar-refractivity contribution is 0.0442. The zero-order valence-electron chi connectivity index (χ0n) is 14.3. The van der Waals surface area contributed by atoms with Crippen LogP contribution in [0.2, 0.25) is 0 Å². The topological polar surface area (TPSA) is 28.2 Å². The van der Waals surface area contributed by atoms with Gasteiger partial charge in [-0.3, -0.25) is 9.88 Å². The van der Waals surface area contributed by atoms with Crippen molar-refractivity contribution in [3.8, 4) is 0 Å². The van der Waals surface area contributed by atoms with E-state index in [1.807, 2.05) is 12.4 Å². The van der Waals surface area contributed by atoms with Crippen LogP contribution in [-0.4, -0.2) is 34.6 Å². The van der Waals surface area contributed by atoms with Gasteiger partial charge in [-0.05, 0) is 36.8 Å². The van der Waals surface area contributed by atoms with Crippen LogP contribution in [-0.2, 0) is 6.54 Å². The first-order chi connectivity index (χ1) is 9.99. The van der Waals surface area contributed by atoms with Crippen LogP contribution in [0.15, 0.2) is 18.5 Å². The number of rotatable bonds is 5. The van der Waals surface area contributed by atoms with E-state index in [0.717, 1.165) is 19.6 Å². The van der Waals surface area contributed by atoms with E-state index in [0.29, 0.717) is 12.0 Å². The Morgan fingerprint density at radius 2 is 2.05 bits per heavy atom. The molecule has 3 heteroatoms. The molecule has 1 unspecified atom stereocenters. The number of hydrogen-bond donors (Lipinski definition) is 1. The first-order valence-electron chi connectivity index (χ1n) is 8.39. The van der Waals surface area contributed by atoms with Crippen molar-refractivity contribution >= 4 is 0 Å². The largest absolute Gasteiger partial charge is 0.308 e. The van der Waals surface area contributed by atoms with Gasteiger partial charge in [0.1, 0.15) is 0 Å². The van der Waals surface area contributed by atoms with Gasteiger partial charge < -0.3 is 5.32 Å². The number of aryl methyl sites for hydroxylation is 1. The predicted octanol–water partition coefficient (Wildman–Crippen LogP) is 3.38. The Morgan fingerprint density at radius 3 is 2.62 bits per heavy atom. The molecule has 1 saturated heterocycles. The van der Waals surface area contributed by atoms with Gasteiger partial charge in [-0.2, -0.15) is 0 Å². The molecule has 3 nitrogen and oxygen atoms in total. The van der Waals surface area contributed by atoms with Crippen LogP contribution < -0.4 is 5.32 Å². The number of hydrogen-bond acceptors (Lipinski definition) is 3. The quantitative estimate of drug-likeness (QED) is 0.900. The maximum absolute atomic E-state index is 4.35. The van der Waals surface area contributed by atoms with Crippen molar-refractivity contribution in [2.75, 3.05) is 13.1 Å². The van der Waals surface area contributed by atoms with Crippen molar-refractivity contribution in [2.45, 2.75) is 65.6 Å². The molecule has 1 aliphatic rings. The smallest absolute Gasteiger partial charge is 0.0313 e. The second-order valence-corrected chi connectivity index (χ2v) is 6.96. The first-order valence-corrected chi connectivity index (χ1v) is 8.39. The summed E-state index contributed by atoms with van der Waals surface area (Å²) in [5, 5.41) is 3.83. The fourth-order valence-electron chi connectivity index (χ4n) is 3.50. The van der Waals surface area contributed by atoms with Gasteiger partial charge >= 0.3 is 0 Å². The Morgan fingerprint density at radius 1 is 1.33 bits per heavy atom. The Hall–Kier alpha value is -0.930. The van der Waals surface area contributed by atoms with Gasteiger partial charge in [-0.25, -0.2) is 0 Å². The lowest BCUT2D eigenvalue weighted by Gasteiger charge is -2.49. The van der Waals surface area contributed by atoms with Crippen molar-refractivity contribution in [3.63, 3.8) is 0 Å². The summed E-state index contributed by atoms with van der Waals surface area (Å²) in [7, 11) is 0. The van der Waals surface area contributed by atoms with Crippen LogP contribution in [0.1, 0.15) is 51.7 Å². The predicted molar refractivity (Wildman–Crippen MR) is 89.3 cm³/mol. The summed E-state index contributed by atoms with van der Waals surface area (Å²) in [5.41, 5.74) is 2.87. The summed E-state index contributed by atoms with van der Waals surface area (Å²) >= 11 is 0. The standard InChI is InChI=1S/C18H31N3/c1-6-18(7-2)13-21(17(11-20-18)14(3)4)12-16-8-15(5)9-19-10-16/h8-10,14,17,20H,6-7,11-13H2,1-5H3. The molecule has 0 radical (unpaired) electrons. The lowest BCUT2D eigenvalue weighted by Crippen LogP contribution is -2.64. The van der Waals surface area contributed by atoms with Crippen LogP contribution in [0.25, 0.3) is 0 Å². The molecular formula is C18H31N3. The zero-order valence-corrected chi connectivity index (χ0v) is 14.3. The second kappa shape index (κ2) is 6.89. The highest BCUT2D eigenvalue weighted by molar-refractivity contribution is 5.17. The summed E-state index contributed by atoms with van der Waals surface area (Å²) in [6.45, 7) is 14.6. The number of aromatic nitrogens is 1. The molecule has 0 saturated carbocycles. The van der Waals surface area contributed by atoms with Crippen molar-refractivity contribution in [1.29, 1.82) is 0 Å². The van der Waals surface area contributed by atoms with Gasteiger partial charge in [0.25, 0.3) is 0 Å². The Labute approximate surface area is 130 Å². The lowest BCUT2D eigenvalue weighted by atomic mass is 9.86. The Balaban J connectivity index is 2.18. The third-order valence-electron chi connectivity index (χ3n) is 5.10. The third kappa shape index (κ3) is 3.83. The molecular weight excluding hydrogens is 258 g/mol. The van der Waals surface area contributed by atoms with Gasteiger partial charge in [-0.1, -0.05) is 33.8 Å². The second-order valence-electron chi connectivity index (χ2n) is 6.96. The SMILES string of the molecule is CCC1(CC)CN(Cc2cncc(C)c2)C(C(C)C)CN1.